The fourth-order valence-electron chi connectivity index (χ4n) is 2.04. The molecule has 1 aromatic rings. The monoisotopic (exact) mass is 380 g/mol. The van der Waals surface area contributed by atoms with Crippen molar-refractivity contribution in [3.8, 4) is 23.7 Å². The quantitative estimate of drug-likeness (QED) is 0.548. The molecule has 0 bridgehead atoms. The molecule has 0 aliphatic heterocycles. The average Bonchev–Trinajstić information content (AvgIpc) is 2.50. The summed E-state index contributed by atoms with van der Waals surface area (Å²) in [6.07, 6.45) is 1.65. The molecule has 0 heterocycles. The van der Waals surface area contributed by atoms with Crippen molar-refractivity contribution in [2.75, 3.05) is 0 Å². The summed E-state index contributed by atoms with van der Waals surface area (Å²) in [5.41, 5.74) is -0.688. The summed E-state index contributed by atoms with van der Waals surface area (Å²) < 4.78 is 5.73. The lowest BCUT2D eigenvalue weighted by Gasteiger charge is -2.24. The molecule has 0 spiro atoms. The smallest absolute Gasteiger partial charge is 0.262 e. The molecule has 0 aliphatic rings. The maximum atomic E-state index is 12.5. The maximum Gasteiger partial charge on any atom is 0.262 e. The number of carbonyl (C=O) groups is 1. The number of ether oxygens (including phenoxy) is 1. The number of benzene rings is 1. The Bertz CT molecular complexity index is 679. The van der Waals surface area contributed by atoms with E-state index in [0.29, 0.717) is 35.1 Å². The lowest BCUT2D eigenvalue weighted by molar-refractivity contribution is -0.129. The highest BCUT2D eigenvalue weighted by Gasteiger charge is 2.25. The van der Waals surface area contributed by atoms with Gasteiger partial charge in [0.25, 0.3) is 5.91 Å². The molecular formula is C19H22Cl2N2O2. The third kappa shape index (κ3) is 8.16. The number of rotatable bonds is 7. The SMILES string of the molecule is CCC(Oc1cc(Cl)cc(Cl)c1)C(=O)NC(C)(C)C#CCCCC#N. The van der Waals surface area contributed by atoms with Crippen LogP contribution in [0.1, 0.15) is 46.5 Å². The molecule has 1 unspecified atom stereocenters. The van der Waals surface area contributed by atoms with Gasteiger partial charge in [0.05, 0.1) is 11.6 Å². The first-order chi connectivity index (χ1) is 11.8. The number of hydrogen-bond acceptors (Lipinski definition) is 3. The first-order valence-corrected chi connectivity index (χ1v) is 8.84. The van der Waals surface area contributed by atoms with E-state index in [1.54, 1.807) is 18.2 Å². The van der Waals surface area contributed by atoms with Gasteiger partial charge in [0.1, 0.15) is 5.75 Å². The van der Waals surface area contributed by atoms with Crippen LogP contribution in [0.3, 0.4) is 0 Å². The maximum absolute atomic E-state index is 12.5. The van der Waals surface area contributed by atoms with E-state index in [2.05, 4.69) is 23.2 Å². The van der Waals surface area contributed by atoms with Crippen LogP contribution in [-0.4, -0.2) is 17.6 Å². The Balaban J connectivity index is 2.70. The highest BCUT2D eigenvalue weighted by molar-refractivity contribution is 6.34. The van der Waals surface area contributed by atoms with Gasteiger partial charge >= 0.3 is 0 Å². The molecule has 25 heavy (non-hydrogen) atoms. The van der Waals surface area contributed by atoms with Crippen LogP contribution < -0.4 is 10.1 Å². The predicted molar refractivity (Wildman–Crippen MR) is 101 cm³/mol. The van der Waals surface area contributed by atoms with Gasteiger partial charge in [0, 0.05) is 22.9 Å². The number of hydrogen-bond donors (Lipinski definition) is 1. The fraction of sp³-hybridized carbons (Fsp3) is 0.474. The van der Waals surface area contributed by atoms with Gasteiger partial charge in [-0.25, -0.2) is 0 Å². The van der Waals surface area contributed by atoms with Gasteiger partial charge in [0.2, 0.25) is 0 Å². The van der Waals surface area contributed by atoms with Crippen LogP contribution in [0.25, 0.3) is 0 Å². The van der Waals surface area contributed by atoms with Crippen molar-refractivity contribution in [3.05, 3.63) is 28.2 Å². The Labute approximate surface area is 159 Å². The van der Waals surface area contributed by atoms with Crippen LogP contribution in [0.2, 0.25) is 10.0 Å². The summed E-state index contributed by atoms with van der Waals surface area (Å²) >= 11 is 11.9. The fourth-order valence-corrected chi connectivity index (χ4v) is 2.55. The summed E-state index contributed by atoms with van der Waals surface area (Å²) in [5, 5.41) is 12.3. The summed E-state index contributed by atoms with van der Waals surface area (Å²) in [5.74, 6) is 6.21. The number of unbranched alkanes of at least 4 members (excludes halogenated alkanes) is 2. The number of nitrogens with zero attached hydrogens (tertiary/aromatic N) is 1. The number of halogens is 2. The summed E-state index contributed by atoms with van der Waals surface area (Å²) in [4.78, 5) is 12.5. The number of nitrogens with one attached hydrogen (secondary N) is 1. The summed E-state index contributed by atoms with van der Waals surface area (Å²) in [6, 6.07) is 6.91. The third-order valence-corrected chi connectivity index (χ3v) is 3.64. The second-order valence-electron chi connectivity index (χ2n) is 6.05. The van der Waals surface area contributed by atoms with E-state index < -0.39 is 11.6 Å². The minimum absolute atomic E-state index is 0.255. The average molecular weight is 381 g/mol. The van der Waals surface area contributed by atoms with Crippen LogP contribution in [0.5, 0.6) is 5.75 Å². The van der Waals surface area contributed by atoms with Gasteiger partial charge in [-0.2, -0.15) is 5.26 Å². The standard InChI is InChI=1S/C19H22Cl2N2O2/c1-4-17(25-16-12-14(20)11-15(21)13-16)18(24)23-19(2,3)9-7-5-6-8-10-22/h11-13,17H,4-6,8H2,1-3H3,(H,23,24). The van der Waals surface area contributed by atoms with Crippen molar-refractivity contribution in [3.63, 3.8) is 0 Å². The first-order valence-electron chi connectivity index (χ1n) is 8.09. The molecule has 0 fully saturated rings. The van der Waals surface area contributed by atoms with E-state index in [1.165, 1.54) is 0 Å². The van der Waals surface area contributed by atoms with Crippen molar-refractivity contribution in [1.82, 2.24) is 5.32 Å². The number of nitriles is 1. The Morgan fingerprint density at radius 1 is 1.28 bits per heavy atom. The molecule has 1 rings (SSSR count). The van der Waals surface area contributed by atoms with E-state index >= 15 is 0 Å². The van der Waals surface area contributed by atoms with Crippen molar-refractivity contribution in [1.29, 1.82) is 5.26 Å². The van der Waals surface area contributed by atoms with Gasteiger partial charge in [-0.1, -0.05) is 36.0 Å². The summed E-state index contributed by atoms with van der Waals surface area (Å²) in [7, 11) is 0. The topological polar surface area (TPSA) is 62.1 Å². The second kappa shape index (κ2) is 10.2. The van der Waals surface area contributed by atoms with Gasteiger partial charge in [-0.05, 0) is 44.9 Å². The minimum atomic E-state index is -0.688. The van der Waals surface area contributed by atoms with E-state index in [1.807, 2.05) is 20.8 Å². The molecule has 1 amide bonds. The Hall–Kier alpha value is -1.88. The zero-order valence-corrected chi connectivity index (χ0v) is 16.2. The second-order valence-corrected chi connectivity index (χ2v) is 6.92. The van der Waals surface area contributed by atoms with Gasteiger partial charge in [0.15, 0.2) is 6.10 Å². The Morgan fingerprint density at radius 3 is 2.48 bits per heavy atom. The van der Waals surface area contributed by atoms with E-state index in [9.17, 15) is 4.79 Å². The van der Waals surface area contributed by atoms with E-state index in [4.69, 9.17) is 33.2 Å². The third-order valence-electron chi connectivity index (χ3n) is 3.20. The summed E-state index contributed by atoms with van der Waals surface area (Å²) in [6.45, 7) is 5.51. The zero-order chi connectivity index (χ0) is 18.9. The minimum Gasteiger partial charge on any atom is -0.481 e. The van der Waals surface area contributed by atoms with Crippen LogP contribution in [0.15, 0.2) is 18.2 Å². The number of carbonyl (C=O) groups excluding carboxylic acids is 1. The molecule has 0 aromatic heterocycles. The molecule has 1 atom stereocenters. The highest BCUT2D eigenvalue weighted by atomic mass is 35.5. The lowest BCUT2D eigenvalue weighted by Crippen LogP contribution is -2.48. The molecule has 1 N–H and O–H groups in total. The molecule has 0 aliphatic carbocycles. The molecular weight excluding hydrogens is 359 g/mol. The molecule has 1 aromatic carbocycles. The van der Waals surface area contributed by atoms with Crippen molar-refractivity contribution in [2.24, 2.45) is 0 Å². The molecule has 4 nitrogen and oxygen atoms in total. The largest absolute Gasteiger partial charge is 0.481 e. The van der Waals surface area contributed by atoms with Crippen molar-refractivity contribution < 1.29 is 9.53 Å². The molecule has 0 saturated carbocycles. The van der Waals surface area contributed by atoms with E-state index in [-0.39, 0.29) is 5.91 Å². The molecule has 6 heteroatoms. The predicted octanol–water partition coefficient (Wildman–Crippen LogP) is 4.74. The van der Waals surface area contributed by atoms with Crippen LogP contribution >= 0.6 is 23.2 Å². The van der Waals surface area contributed by atoms with E-state index in [0.717, 1.165) is 6.42 Å². The first kappa shape index (κ1) is 21.2. The normalized spacial score (nSPS) is 11.7. The van der Waals surface area contributed by atoms with Crippen LogP contribution in [-0.2, 0) is 4.79 Å². The van der Waals surface area contributed by atoms with Gasteiger partial charge in [-0.3, -0.25) is 4.79 Å². The zero-order valence-electron chi connectivity index (χ0n) is 14.7. The highest BCUT2D eigenvalue weighted by Crippen LogP contribution is 2.25. The molecule has 134 valence electrons. The molecule has 0 saturated heterocycles. The Morgan fingerprint density at radius 2 is 1.92 bits per heavy atom. The van der Waals surface area contributed by atoms with Crippen molar-refractivity contribution >= 4 is 29.1 Å². The lowest BCUT2D eigenvalue weighted by atomic mass is 10.0. The van der Waals surface area contributed by atoms with Crippen molar-refractivity contribution in [2.45, 2.75) is 58.1 Å². The van der Waals surface area contributed by atoms with Gasteiger partial charge in [-0.15, -0.1) is 5.92 Å². The van der Waals surface area contributed by atoms with Crippen LogP contribution in [0.4, 0.5) is 0 Å². The Kier molecular flexibility index (Phi) is 8.62. The van der Waals surface area contributed by atoms with Crippen LogP contribution in [0, 0.1) is 23.2 Å². The molecule has 0 radical (unpaired) electrons. The number of amides is 1. The van der Waals surface area contributed by atoms with Gasteiger partial charge < -0.3 is 10.1 Å².